The van der Waals surface area contributed by atoms with Crippen molar-refractivity contribution in [3.8, 4) is 11.3 Å². The molecule has 4 rings (SSSR count). The number of aromatic nitrogens is 3. The Morgan fingerprint density at radius 1 is 1.24 bits per heavy atom. The fourth-order valence-corrected chi connectivity index (χ4v) is 3.39. The number of halogens is 2. The van der Waals surface area contributed by atoms with E-state index in [4.69, 9.17) is 11.6 Å². The van der Waals surface area contributed by atoms with Gasteiger partial charge in [0.25, 0.3) is 0 Å². The zero-order valence-electron chi connectivity index (χ0n) is 13.7. The minimum Gasteiger partial charge on any atom is -0.349 e. The van der Waals surface area contributed by atoms with Gasteiger partial charge in [-0.05, 0) is 31.2 Å². The predicted molar refractivity (Wildman–Crippen MR) is 97.4 cm³/mol. The Hall–Kier alpha value is -2.31. The molecule has 1 aliphatic heterocycles. The molecule has 2 aromatic heterocycles. The molecule has 128 valence electrons. The van der Waals surface area contributed by atoms with Crippen LogP contribution in [0.25, 0.3) is 22.0 Å². The number of anilines is 1. The van der Waals surface area contributed by atoms with Crippen LogP contribution in [-0.4, -0.2) is 40.9 Å². The van der Waals surface area contributed by atoms with Crippen LogP contribution in [0.2, 0.25) is 5.02 Å². The zero-order valence-corrected chi connectivity index (χ0v) is 14.5. The summed E-state index contributed by atoms with van der Waals surface area (Å²) in [7, 11) is 0. The molecule has 0 spiro atoms. The van der Waals surface area contributed by atoms with E-state index in [1.165, 1.54) is 6.07 Å². The quantitative estimate of drug-likeness (QED) is 0.762. The summed E-state index contributed by atoms with van der Waals surface area (Å²) in [5.74, 6) is 0.374. The van der Waals surface area contributed by atoms with E-state index in [0.29, 0.717) is 22.3 Å². The molecule has 1 atom stereocenters. The van der Waals surface area contributed by atoms with Gasteiger partial charge >= 0.3 is 0 Å². The maximum Gasteiger partial charge on any atom is 0.161 e. The molecule has 0 radical (unpaired) electrons. The normalized spacial score (nSPS) is 17.9. The van der Waals surface area contributed by atoms with Crippen molar-refractivity contribution in [2.45, 2.75) is 13.0 Å². The molecule has 1 saturated heterocycles. The third-order valence-corrected chi connectivity index (χ3v) is 4.76. The fourth-order valence-electron chi connectivity index (χ4n) is 3.23. The number of fused-ring (bicyclic) bond motifs is 1. The van der Waals surface area contributed by atoms with E-state index < -0.39 is 5.82 Å². The molecule has 0 aliphatic carbocycles. The summed E-state index contributed by atoms with van der Waals surface area (Å²) in [6, 6.07) is 6.72. The summed E-state index contributed by atoms with van der Waals surface area (Å²) in [4.78, 5) is 6.46. The van der Waals surface area contributed by atoms with Crippen LogP contribution in [0.3, 0.4) is 0 Å². The van der Waals surface area contributed by atoms with Gasteiger partial charge in [0.2, 0.25) is 0 Å². The van der Waals surface area contributed by atoms with Gasteiger partial charge in [0, 0.05) is 59.4 Å². The Morgan fingerprint density at radius 2 is 2.12 bits per heavy atom. The molecule has 5 nitrogen and oxygen atoms in total. The van der Waals surface area contributed by atoms with Gasteiger partial charge in [-0.3, -0.25) is 4.98 Å². The van der Waals surface area contributed by atoms with Gasteiger partial charge < -0.3 is 10.2 Å². The second-order valence-corrected chi connectivity index (χ2v) is 6.60. The third-order valence-electron chi connectivity index (χ3n) is 4.52. The van der Waals surface area contributed by atoms with Crippen LogP contribution in [0.15, 0.2) is 36.7 Å². The lowest BCUT2D eigenvalue weighted by atomic mass is 10.0. The second kappa shape index (κ2) is 6.54. The highest BCUT2D eigenvalue weighted by atomic mass is 35.5. The highest BCUT2D eigenvalue weighted by molar-refractivity contribution is 6.30. The van der Waals surface area contributed by atoms with Crippen LogP contribution in [-0.2, 0) is 0 Å². The van der Waals surface area contributed by atoms with Crippen molar-refractivity contribution in [2.24, 2.45) is 0 Å². The van der Waals surface area contributed by atoms with Gasteiger partial charge in [0.15, 0.2) is 5.82 Å². The second-order valence-electron chi connectivity index (χ2n) is 6.16. The first-order valence-corrected chi connectivity index (χ1v) is 8.56. The van der Waals surface area contributed by atoms with Crippen molar-refractivity contribution in [3.05, 3.63) is 47.5 Å². The number of nitrogens with one attached hydrogen (secondary N) is 1. The molecule has 1 aromatic carbocycles. The van der Waals surface area contributed by atoms with Crippen LogP contribution < -0.4 is 10.2 Å². The first kappa shape index (κ1) is 16.2. The summed E-state index contributed by atoms with van der Waals surface area (Å²) in [5.41, 5.74) is 0.881. The monoisotopic (exact) mass is 357 g/mol. The van der Waals surface area contributed by atoms with Gasteiger partial charge in [0.1, 0.15) is 11.5 Å². The Morgan fingerprint density at radius 3 is 2.92 bits per heavy atom. The summed E-state index contributed by atoms with van der Waals surface area (Å²) < 4.78 is 14.4. The molecule has 1 fully saturated rings. The van der Waals surface area contributed by atoms with Crippen molar-refractivity contribution in [1.82, 2.24) is 20.5 Å². The molecule has 1 N–H and O–H groups in total. The highest BCUT2D eigenvalue weighted by Crippen LogP contribution is 2.33. The van der Waals surface area contributed by atoms with Crippen molar-refractivity contribution in [1.29, 1.82) is 0 Å². The van der Waals surface area contributed by atoms with Crippen molar-refractivity contribution < 1.29 is 4.39 Å². The maximum absolute atomic E-state index is 14.4. The van der Waals surface area contributed by atoms with Crippen LogP contribution in [0.5, 0.6) is 0 Å². The Bertz CT molecular complexity index is 932. The molecule has 3 heterocycles. The first-order chi connectivity index (χ1) is 12.1. The molecule has 1 unspecified atom stereocenters. The minimum atomic E-state index is -0.414. The number of nitrogens with zero attached hydrogens (tertiary/aromatic N) is 4. The maximum atomic E-state index is 14.4. The van der Waals surface area contributed by atoms with Crippen LogP contribution in [0, 0.1) is 5.82 Å². The Labute approximate surface area is 149 Å². The lowest BCUT2D eigenvalue weighted by molar-refractivity contribution is 0.497. The topological polar surface area (TPSA) is 53.9 Å². The van der Waals surface area contributed by atoms with Crippen LogP contribution >= 0.6 is 11.6 Å². The Kier molecular flexibility index (Phi) is 4.23. The number of hydrogen-bond acceptors (Lipinski definition) is 5. The number of piperazine rings is 1. The lowest BCUT2D eigenvalue weighted by Gasteiger charge is -2.35. The molecular formula is C18H17ClFN5. The van der Waals surface area contributed by atoms with E-state index in [-0.39, 0.29) is 0 Å². The molecule has 0 amide bonds. The Balaban J connectivity index is 1.90. The average Bonchev–Trinajstić information content (AvgIpc) is 2.62. The van der Waals surface area contributed by atoms with E-state index in [0.717, 1.165) is 36.2 Å². The van der Waals surface area contributed by atoms with E-state index in [1.807, 2.05) is 6.07 Å². The molecule has 25 heavy (non-hydrogen) atoms. The van der Waals surface area contributed by atoms with Gasteiger partial charge in [-0.2, -0.15) is 0 Å². The predicted octanol–water partition coefficient (Wildman–Crippen LogP) is 3.28. The molecule has 1 aliphatic rings. The molecule has 0 saturated carbocycles. The highest BCUT2D eigenvalue weighted by Gasteiger charge is 2.23. The van der Waals surface area contributed by atoms with E-state index in [1.54, 1.807) is 24.5 Å². The largest absolute Gasteiger partial charge is 0.349 e. The van der Waals surface area contributed by atoms with Gasteiger partial charge in [0.05, 0.1) is 0 Å². The van der Waals surface area contributed by atoms with Crippen molar-refractivity contribution in [3.63, 3.8) is 0 Å². The third kappa shape index (κ3) is 2.92. The van der Waals surface area contributed by atoms with E-state index in [2.05, 4.69) is 32.3 Å². The molecule has 7 heteroatoms. The van der Waals surface area contributed by atoms with Gasteiger partial charge in [-0.25, -0.2) is 4.39 Å². The van der Waals surface area contributed by atoms with Gasteiger partial charge in [-0.15, -0.1) is 10.2 Å². The van der Waals surface area contributed by atoms with E-state index >= 15 is 0 Å². The van der Waals surface area contributed by atoms with Gasteiger partial charge in [-0.1, -0.05) is 11.6 Å². The van der Waals surface area contributed by atoms with E-state index in [9.17, 15) is 4.39 Å². The smallest absolute Gasteiger partial charge is 0.161 e. The number of rotatable bonds is 2. The summed E-state index contributed by atoms with van der Waals surface area (Å²) in [6.07, 6.45) is 3.46. The van der Waals surface area contributed by atoms with Crippen molar-refractivity contribution >= 4 is 28.2 Å². The van der Waals surface area contributed by atoms with Crippen LogP contribution in [0.1, 0.15) is 6.92 Å². The zero-order chi connectivity index (χ0) is 17.4. The first-order valence-electron chi connectivity index (χ1n) is 8.18. The summed E-state index contributed by atoms with van der Waals surface area (Å²) >= 11 is 5.87. The number of hydrogen-bond donors (Lipinski definition) is 1. The lowest BCUT2D eigenvalue weighted by Crippen LogP contribution is -2.50. The molecular weight excluding hydrogens is 341 g/mol. The molecule has 3 aromatic rings. The molecule has 0 bridgehead atoms. The van der Waals surface area contributed by atoms with Crippen LogP contribution in [0.4, 0.5) is 10.2 Å². The average molecular weight is 358 g/mol. The number of benzene rings is 1. The summed E-state index contributed by atoms with van der Waals surface area (Å²) in [6.45, 7) is 4.76. The SMILES string of the molecule is CC1CNCCN1c1nnc(-c2ccc(Cl)cc2F)c2ccncc12. The van der Waals surface area contributed by atoms with Crippen molar-refractivity contribution in [2.75, 3.05) is 24.5 Å². The summed E-state index contributed by atoms with van der Waals surface area (Å²) in [5, 5.41) is 14.2. The minimum absolute atomic E-state index is 0.296. The fraction of sp³-hybridized carbons (Fsp3) is 0.278. The number of pyridine rings is 1. The standard InChI is InChI=1S/C18H17ClFN5/c1-11-9-22-6-7-25(11)18-15-10-21-5-4-13(15)17(23-24-18)14-3-2-12(19)8-16(14)20/h2-5,8,10-11,22H,6-7,9H2,1H3.